The van der Waals surface area contributed by atoms with Crippen LogP contribution in [-0.4, -0.2) is 56.9 Å². The molecule has 1 fully saturated rings. The average Bonchev–Trinajstić information content (AvgIpc) is 2.36. The van der Waals surface area contributed by atoms with Crippen molar-refractivity contribution >= 4 is 6.34 Å². The minimum atomic E-state index is 0.831. The molecular weight excluding hydrogens is 150 g/mol. The van der Waals surface area contributed by atoms with Crippen LogP contribution in [-0.2, 0) is 0 Å². The fraction of sp³-hybridized carbons (Fsp3) is 0.889. The standard InChI is InChI=1S/C9H19N3/c1-10-8-12(3)7-9-4-5-11(2)6-9/h8-9H,4-7H2,1-3H3/b10-8-/t9-/m0/s1. The molecule has 1 saturated heterocycles. The maximum Gasteiger partial charge on any atom is 0.0843 e. The van der Waals surface area contributed by atoms with E-state index in [1.54, 1.807) is 0 Å². The van der Waals surface area contributed by atoms with E-state index < -0.39 is 0 Å². The molecule has 0 aliphatic carbocycles. The van der Waals surface area contributed by atoms with Crippen molar-refractivity contribution in [2.75, 3.05) is 40.8 Å². The lowest BCUT2D eigenvalue weighted by atomic mass is 10.1. The summed E-state index contributed by atoms with van der Waals surface area (Å²) < 4.78 is 0. The number of hydrogen-bond donors (Lipinski definition) is 0. The number of rotatable bonds is 3. The van der Waals surface area contributed by atoms with Gasteiger partial charge in [-0.3, -0.25) is 4.99 Å². The van der Waals surface area contributed by atoms with E-state index in [4.69, 9.17) is 0 Å². The van der Waals surface area contributed by atoms with Gasteiger partial charge < -0.3 is 9.80 Å². The van der Waals surface area contributed by atoms with Crippen molar-refractivity contribution in [3.05, 3.63) is 0 Å². The monoisotopic (exact) mass is 169 g/mol. The molecule has 1 aliphatic rings. The van der Waals surface area contributed by atoms with E-state index in [-0.39, 0.29) is 0 Å². The molecule has 0 unspecified atom stereocenters. The first-order valence-corrected chi connectivity index (χ1v) is 4.53. The molecule has 3 nitrogen and oxygen atoms in total. The van der Waals surface area contributed by atoms with Crippen LogP contribution in [0.5, 0.6) is 0 Å². The van der Waals surface area contributed by atoms with Gasteiger partial charge in [-0.05, 0) is 25.9 Å². The van der Waals surface area contributed by atoms with E-state index in [0.29, 0.717) is 0 Å². The van der Waals surface area contributed by atoms with Gasteiger partial charge in [-0.2, -0.15) is 0 Å². The minimum Gasteiger partial charge on any atom is -0.366 e. The first-order chi connectivity index (χ1) is 5.72. The first-order valence-electron chi connectivity index (χ1n) is 4.53. The molecule has 3 heteroatoms. The largest absolute Gasteiger partial charge is 0.366 e. The molecule has 0 spiro atoms. The molecule has 0 N–H and O–H groups in total. The summed E-state index contributed by atoms with van der Waals surface area (Å²) in [6.45, 7) is 3.63. The van der Waals surface area contributed by atoms with Crippen LogP contribution >= 0.6 is 0 Å². The van der Waals surface area contributed by atoms with Gasteiger partial charge in [0, 0.05) is 27.2 Å². The van der Waals surface area contributed by atoms with E-state index >= 15 is 0 Å². The van der Waals surface area contributed by atoms with Crippen LogP contribution in [0.25, 0.3) is 0 Å². The lowest BCUT2D eigenvalue weighted by Crippen LogP contribution is -2.26. The van der Waals surface area contributed by atoms with Gasteiger partial charge >= 0.3 is 0 Å². The van der Waals surface area contributed by atoms with Crippen LogP contribution in [0, 0.1) is 5.92 Å². The van der Waals surface area contributed by atoms with E-state index in [9.17, 15) is 0 Å². The Hall–Kier alpha value is -0.570. The third-order valence-corrected chi connectivity index (χ3v) is 2.35. The van der Waals surface area contributed by atoms with Gasteiger partial charge in [0.1, 0.15) is 0 Å². The van der Waals surface area contributed by atoms with E-state index in [2.05, 4.69) is 28.9 Å². The average molecular weight is 169 g/mol. The highest BCUT2D eigenvalue weighted by atomic mass is 15.2. The highest BCUT2D eigenvalue weighted by molar-refractivity contribution is 5.53. The Bertz CT molecular complexity index is 156. The summed E-state index contributed by atoms with van der Waals surface area (Å²) in [7, 11) is 6.09. The molecule has 12 heavy (non-hydrogen) atoms. The van der Waals surface area contributed by atoms with Crippen molar-refractivity contribution in [3.8, 4) is 0 Å². The number of aliphatic imine (C=N–C) groups is 1. The van der Waals surface area contributed by atoms with Crippen molar-refractivity contribution in [2.45, 2.75) is 6.42 Å². The van der Waals surface area contributed by atoms with Crippen LogP contribution in [0.15, 0.2) is 4.99 Å². The van der Waals surface area contributed by atoms with Crippen molar-refractivity contribution in [1.82, 2.24) is 9.80 Å². The molecule has 70 valence electrons. The summed E-state index contributed by atoms with van der Waals surface area (Å²) in [4.78, 5) is 8.54. The van der Waals surface area contributed by atoms with Gasteiger partial charge in [-0.15, -0.1) is 0 Å². The smallest absolute Gasteiger partial charge is 0.0843 e. The topological polar surface area (TPSA) is 18.8 Å². The zero-order valence-corrected chi connectivity index (χ0v) is 8.32. The van der Waals surface area contributed by atoms with Crippen molar-refractivity contribution in [1.29, 1.82) is 0 Å². The Balaban J connectivity index is 2.22. The predicted octanol–water partition coefficient (Wildman–Crippen LogP) is 0.528. The van der Waals surface area contributed by atoms with Crippen molar-refractivity contribution < 1.29 is 0 Å². The molecule has 0 aromatic rings. The molecule has 0 radical (unpaired) electrons. The second-order valence-corrected chi connectivity index (χ2v) is 3.73. The third-order valence-electron chi connectivity index (χ3n) is 2.35. The van der Waals surface area contributed by atoms with Crippen LogP contribution in [0.2, 0.25) is 0 Å². The Morgan fingerprint density at radius 1 is 1.67 bits per heavy atom. The van der Waals surface area contributed by atoms with E-state index in [1.807, 2.05) is 13.4 Å². The van der Waals surface area contributed by atoms with Crippen LogP contribution in [0.3, 0.4) is 0 Å². The number of likely N-dealkylation sites (tertiary alicyclic amines) is 1. The maximum absolute atomic E-state index is 3.98. The van der Waals surface area contributed by atoms with Gasteiger partial charge in [0.2, 0.25) is 0 Å². The summed E-state index contributed by atoms with van der Waals surface area (Å²) in [5, 5.41) is 0. The predicted molar refractivity (Wildman–Crippen MR) is 52.7 cm³/mol. The van der Waals surface area contributed by atoms with Crippen LogP contribution < -0.4 is 0 Å². The molecular formula is C9H19N3. The second-order valence-electron chi connectivity index (χ2n) is 3.73. The third kappa shape index (κ3) is 2.81. The van der Waals surface area contributed by atoms with Gasteiger partial charge in [0.15, 0.2) is 0 Å². The Morgan fingerprint density at radius 2 is 2.42 bits per heavy atom. The molecule has 1 aliphatic heterocycles. The fourth-order valence-electron chi connectivity index (χ4n) is 1.83. The highest BCUT2D eigenvalue weighted by Gasteiger charge is 2.19. The van der Waals surface area contributed by atoms with Crippen LogP contribution in [0.4, 0.5) is 0 Å². The van der Waals surface area contributed by atoms with Gasteiger partial charge in [0.25, 0.3) is 0 Å². The van der Waals surface area contributed by atoms with Gasteiger partial charge in [-0.1, -0.05) is 0 Å². The minimum absolute atomic E-state index is 0.831. The number of hydrogen-bond acceptors (Lipinski definition) is 2. The summed E-state index contributed by atoms with van der Waals surface area (Å²) >= 11 is 0. The molecule has 1 atom stereocenters. The molecule has 1 rings (SSSR count). The summed E-state index contributed by atoms with van der Waals surface area (Å²) in [5.74, 6) is 0.831. The molecule has 0 saturated carbocycles. The first kappa shape index (κ1) is 9.52. The lowest BCUT2D eigenvalue weighted by molar-refractivity contribution is 0.359. The summed E-state index contributed by atoms with van der Waals surface area (Å²) in [6, 6.07) is 0. The molecule has 0 aromatic carbocycles. The normalized spacial score (nSPS) is 25.4. The van der Waals surface area contributed by atoms with E-state index in [1.165, 1.54) is 19.5 Å². The maximum atomic E-state index is 3.98. The zero-order chi connectivity index (χ0) is 8.97. The van der Waals surface area contributed by atoms with Crippen molar-refractivity contribution in [2.24, 2.45) is 10.9 Å². The van der Waals surface area contributed by atoms with Gasteiger partial charge in [0.05, 0.1) is 6.34 Å². The summed E-state index contributed by atoms with van der Waals surface area (Å²) in [5.41, 5.74) is 0. The molecule has 1 heterocycles. The van der Waals surface area contributed by atoms with Gasteiger partial charge in [-0.25, -0.2) is 0 Å². The lowest BCUT2D eigenvalue weighted by Gasteiger charge is -2.17. The molecule has 0 amide bonds. The SMILES string of the molecule is C/N=C\N(C)C[C@H]1CCN(C)C1. The zero-order valence-electron chi connectivity index (χ0n) is 8.32. The quantitative estimate of drug-likeness (QED) is 0.453. The summed E-state index contributed by atoms with van der Waals surface area (Å²) in [6.07, 6.45) is 3.23. The van der Waals surface area contributed by atoms with Crippen molar-refractivity contribution in [3.63, 3.8) is 0 Å². The highest BCUT2D eigenvalue weighted by Crippen LogP contribution is 2.14. The fourth-order valence-corrected chi connectivity index (χ4v) is 1.83. The second kappa shape index (κ2) is 4.45. The Kier molecular flexibility index (Phi) is 3.53. The van der Waals surface area contributed by atoms with E-state index in [0.717, 1.165) is 12.5 Å². The number of nitrogens with zero attached hydrogens (tertiary/aromatic N) is 3. The Morgan fingerprint density at radius 3 is 2.92 bits per heavy atom. The molecule has 0 aromatic heterocycles. The Labute approximate surface area is 75.1 Å². The van der Waals surface area contributed by atoms with Crippen LogP contribution in [0.1, 0.15) is 6.42 Å². The molecule has 0 bridgehead atoms.